The van der Waals surface area contributed by atoms with Gasteiger partial charge in [0.15, 0.2) is 12.3 Å². The zero-order chi connectivity index (χ0) is 32.9. The Bertz CT molecular complexity index is 1490. The van der Waals surface area contributed by atoms with E-state index in [9.17, 15) is 27.2 Å². The van der Waals surface area contributed by atoms with Gasteiger partial charge in [0.2, 0.25) is 5.88 Å². The predicted octanol–water partition coefficient (Wildman–Crippen LogP) is 5.88. The highest BCUT2D eigenvalue weighted by Gasteiger charge is 2.40. The summed E-state index contributed by atoms with van der Waals surface area (Å²) in [4.78, 5) is 26.8. The van der Waals surface area contributed by atoms with Crippen LogP contribution >= 0.6 is 0 Å². The van der Waals surface area contributed by atoms with E-state index in [1.165, 1.54) is 28.8 Å². The normalized spacial score (nSPS) is 16.8. The summed E-state index contributed by atoms with van der Waals surface area (Å²) in [5.74, 6) is -0.284. The lowest BCUT2D eigenvalue weighted by atomic mass is 10.1. The molecule has 15 heteroatoms. The van der Waals surface area contributed by atoms with E-state index in [1.807, 2.05) is 0 Å². The first-order valence-electron chi connectivity index (χ1n) is 14.0. The van der Waals surface area contributed by atoms with Crippen molar-refractivity contribution in [2.75, 3.05) is 25.5 Å². The summed E-state index contributed by atoms with van der Waals surface area (Å²) >= 11 is 0. The van der Waals surface area contributed by atoms with Crippen molar-refractivity contribution >= 4 is 17.9 Å². The molecule has 0 radical (unpaired) electrons. The van der Waals surface area contributed by atoms with Crippen LogP contribution in [0.4, 0.5) is 33.0 Å². The molecule has 11 nitrogen and oxygen atoms in total. The second-order valence-electron chi connectivity index (χ2n) is 11.3. The molecule has 2 unspecified atom stereocenters. The number of carbonyl (C=O) groups is 2. The summed E-state index contributed by atoms with van der Waals surface area (Å²) in [7, 11) is 1.44. The van der Waals surface area contributed by atoms with Crippen LogP contribution in [0.2, 0.25) is 0 Å². The maximum absolute atomic E-state index is 15.0. The molecule has 0 bridgehead atoms. The Balaban J connectivity index is 1.53. The highest BCUT2D eigenvalue weighted by molar-refractivity contribution is 5.89. The van der Waals surface area contributed by atoms with E-state index >= 15 is 0 Å². The number of benzene rings is 2. The Morgan fingerprint density at radius 2 is 1.78 bits per heavy atom. The topological polar surface area (TPSA) is 116 Å². The molecule has 3 aromatic rings. The Hall–Kier alpha value is -4.53. The first-order chi connectivity index (χ1) is 21.1. The lowest BCUT2D eigenvalue weighted by Gasteiger charge is -2.24. The van der Waals surface area contributed by atoms with Gasteiger partial charge in [-0.15, -0.1) is 18.3 Å². The van der Waals surface area contributed by atoms with Gasteiger partial charge in [0.05, 0.1) is 30.9 Å². The number of rotatable bonds is 9. The van der Waals surface area contributed by atoms with E-state index in [0.717, 1.165) is 6.07 Å². The number of nitrogens with one attached hydrogen (secondary N) is 2. The quantitative estimate of drug-likeness (QED) is 0.282. The standard InChI is InChI=1S/C30H35F4N5O6/c1-18-25(36-27(40)35-14-20-13-19(17-42-5)11-12-23(20)44-30(32,33)34)39(21-9-7-6-8-10-21)37-26(18)43-24-16-38(15-22(24)31)28(41)45-29(2,3)4/h6-13,22,24H,14-17H2,1-5H3,(H2,35,36,40). The summed E-state index contributed by atoms with van der Waals surface area (Å²) in [5.41, 5.74) is 0.775. The van der Waals surface area contributed by atoms with E-state index in [0.29, 0.717) is 16.8 Å². The number of hydrogen-bond donors (Lipinski definition) is 2. The lowest BCUT2D eigenvalue weighted by molar-refractivity contribution is -0.274. The number of amides is 3. The number of nitrogens with zero attached hydrogens (tertiary/aromatic N) is 3. The number of carbonyl (C=O) groups excluding carboxylic acids is 2. The minimum absolute atomic E-state index is 0.0148. The SMILES string of the molecule is COCc1ccc(OC(F)(F)F)c(CNC(=O)Nc2c(C)c(OC3CN(C(=O)OC(C)(C)C)CC3F)nn2-c2ccccc2)c1. The molecule has 2 N–H and O–H groups in total. The van der Waals surface area contributed by atoms with Crippen molar-refractivity contribution in [1.82, 2.24) is 20.0 Å². The van der Waals surface area contributed by atoms with Gasteiger partial charge in [0.1, 0.15) is 17.2 Å². The number of aromatic nitrogens is 2. The molecular formula is C30H35F4N5O6. The first kappa shape index (κ1) is 33.4. The molecule has 0 aliphatic carbocycles. The maximum atomic E-state index is 15.0. The third-order valence-electron chi connectivity index (χ3n) is 6.53. The smallest absolute Gasteiger partial charge is 0.468 e. The molecule has 1 aliphatic rings. The average Bonchev–Trinajstić information content (AvgIpc) is 3.47. The Morgan fingerprint density at radius 1 is 1.07 bits per heavy atom. The van der Waals surface area contributed by atoms with Gasteiger partial charge >= 0.3 is 18.5 Å². The molecule has 45 heavy (non-hydrogen) atoms. The van der Waals surface area contributed by atoms with Gasteiger partial charge in [0.25, 0.3) is 0 Å². The van der Waals surface area contributed by atoms with Gasteiger partial charge < -0.3 is 29.2 Å². The molecule has 2 aromatic carbocycles. The Morgan fingerprint density at radius 3 is 2.42 bits per heavy atom. The number of hydrogen-bond acceptors (Lipinski definition) is 7. The van der Waals surface area contributed by atoms with E-state index in [-0.39, 0.29) is 43.5 Å². The van der Waals surface area contributed by atoms with Crippen LogP contribution in [-0.2, 0) is 22.6 Å². The Labute approximate surface area is 257 Å². The van der Waals surface area contributed by atoms with Gasteiger partial charge in [-0.05, 0) is 57.5 Å². The zero-order valence-corrected chi connectivity index (χ0v) is 25.4. The molecule has 0 saturated carbocycles. The van der Waals surface area contributed by atoms with Crippen molar-refractivity contribution in [2.24, 2.45) is 0 Å². The maximum Gasteiger partial charge on any atom is 0.573 e. The van der Waals surface area contributed by atoms with Crippen molar-refractivity contribution in [3.63, 3.8) is 0 Å². The van der Waals surface area contributed by atoms with Crippen LogP contribution in [0.1, 0.15) is 37.5 Å². The fourth-order valence-electron chi connectivity index (χ4n) is 4.53. The number of methoxy groups -OCH3 is 1. The zero-order valence-electron chi connectivity index (χ0n) is 25.4. The van der Waals surface area contributed by atoms with Gasteiger partial charge in [-0.1, -0.05) is 24.3 Å². The molecule has 3 amide bonds. The van der Waals surface area contributed by atoms with Crippen molar-refractivity contribution in [2.45, 2.75) is 65.1 Å². The number of urea groups is 1. The molecule has 1 fully saturated rings. The van der Waals surface area contributed by atoms with E-state index in [4.69, 9.17) is 14.2 Å². The molecule has 2 atom stereocenters. The molecule has 1 saturated heterocycles. The van der Waals surface area contributed by atoms with Crippen molar-refractivity contribution in [3.05, 3.63) is 65.2 Å². The summed E-state index contributed by atoms with van der Waals surface area (Å²) in [6.07, 6.45) is -8.18. The summed E-state index contributed by atoms with van der Waals surface area (Å²) in [6.45, 7) is 6.25. The van der Waals surface area contributed by atoms with E-state index in [2.05, 4.69) is 20.5 Å². The molecule has 1 aromatic heterocycles. The third kappa shape index (κ3) is 9.00. The fourth-order valence-corrected chi connectivity index (χ4v) is 4.53. The highest BCUT2D eigenvalue weighted by Crippen LogP contribution is 2.32. The molecule has 4 rings (SSSR count). The highest BCUT2D eigenvalue weighted by atomic mass is 19.4. The third-order valence-corrected chi connectivity index (χ3v) is 6.53. The number of likely N-dealkylation sites (tertiary alicyclic amines) is 1. The minimum atomic E-state index is -4.93. The van der Waals surface area contributed by atoms with Crippen molar-refractivity contribution < 1.29 is 46.1 Å². The molecular weight excluding hydrogens is 602 g/mol. The van der Waals surface area contributed by atoms with Crippen LogP contribution in [0, 0.1) is 6.92 Å². The van der Waals surface area contributed by atoms with Gasteiger partial charge in [0, 0.05) is 19.2 Å². The fraction of sp³-hybridized carbons (Fsp3) is 0.433. The van der Waals surface area contributed by atoms with Crippen molar-refractivity contribution in [1.29, 1.82) is 0 Å². The number of halogens is 4. The number of anilines is 1. The minimum Gasteiger partial charge on any atom is -0.468 e. The van der Waals surface area contributed by atoms with Crippen LogP contribution in [0.3, 0.4) is 0 Å². The second kappa shape index (κ2) is 13.6. The Kier molecular flexibility index (Phi) is 10.1. The molecule has 0 spiro atoms. The summed E-state index contributed by atoms with van der Waals surface area (Å²) in [6, 6.07) is 12.0. The van der Waals surface area contributed by atoms with Crippen LogP contribution < -0.4 is 20.1 Å². The van der Waals surface area contributed by atoms with Crippen LogP contribution in [0.5, 0.6) is 11.6 Å². The first-order valence-corrected chi connectivity index (χ1v) is 14.0. The number of alkyl halides is 4. The summed E-state index contributed by atoms with van der Waals surface area (Å²) < 4.78 is 75.8. The van der Waals surface area contributed by atoms with Crippen molar-refractivity contribution in [3.8, 4) is 17.3 Å². The molecule has 244 valence electrons. The molecule has 1 aliphatic heterocycles. The van der Waals surface area contributed by atoms with E-state index < -0.39 is 42.1 Å². The summed E-state index contributed by atoms with van der Waals surface area (Å²) in [5, 5.41) is 9.66. The van der Waals surface area contributed by atoms with Crippen LogP contribution in [-0.4, -0.2) is 71.2 Å². The van der Waals surface area contributed by atoms with Crippen LogP contribution in [0.15, 0.2) is 48.5 Å². The predicted molar refractivity (Wildman–Crippen MR) is 155 cm³/mol. The average molecular weight is 638 g/mol. The van der Waals surface area contributed by atoms with E-state index in [1.54, 1.807) is 58.0 Å². The van der Waals surface area contributed by atoms with Gasteiger partial charge in [-0.3, -0.25) is 5.32 Å². The van der Waals surface area contributed by atoms with Gasteiger partial charge in [-0.2, -0.15) is 0 Å². The number of ether oxygens (including phenoxy) is 4. The number of para-hydroxylation sites is 1. The largest absolute Gasteiger partial charge is 0.573 e. The van der Waals surface area contributed by atoms with Crippen LogP contribution in [0.25, 0.3) is 5.69 Å². The molecule has 2 heterocycles. The second-order valence-corrected chi connectivity index (χ2v) is 11.3. The monoisotopic (exact) mass is 637 g/mol. The van der Waals surface area contributed by atoms with Gasteiger partial charge in [-0.25, -0.2) is 18.7 Å². The lowest BCUT2D eigenvalue weighted by Crippen LogP contribution is -2.36.